The highest BCUT2D eigenvalue weighted by Gasteiger charge is 2.19. The third-order valence-electron chi connectivity index (χ3n) is 1.66. The largest absolute Gasteiger partial charge is 0.384 e. The van der Waals surface area contributed by atoms with E-state index in [-0.39, 0.29) is 5.41 Å². The first kappa shape index (κ1) is 9.98. The number of nitrogen functional groups attached to an aromatic ring is 1. The predicted molar refractivity (Wildman–Crippen MR) is 50.1 cm³/mol. The second kappa shape index (κ2) is 3.74. The van der Waals surface area contributed by atoms with E-state index in [1.807, 2.05) is 0 Å². The minimum absolute atomic E-state index is 0.0280. The van der Waals surface area contributed by atoms with E-state index in [9.17, 15) is 0 Å². The van der Waals surface area contributed by atoms with Crippen molar-refractivity contribution in [3.63, 3.8) is 0 Å². The summed E-state index contributed by atoms with van der Waals surface area (Å²) < 4.78 is 5.09. The Morgan fingerprint density at radius 3 is 2.77 bits per heavy atom. The van der Waals surface area contributed by atoms with Crippen molar-refractivity contribution in [1.82, 2.24) is 15.0 Å². The van der Waals surface area contributed by atoms with E-state index in [1.165, 1.54) is 0 Å². The van der Waals surface area contributed by atoms with Crippen molar-refractivity contribution >= 4 is 5.82 Å². The van der Waals surface area contributed by atoms with Gasteiger partial charge < -0.3 is 10.5 Å². The van der Waals surface area contributed by atoms with Crippen LogP contribution in [0.5, 0.6) is 0 Å². The first-order chi connectivity index (χ1) is 6.03. The molecule has 0 unspecified atom stereocenters. The van der Waals surface area contributed by atoms with Gasteiger partial charge in [-0.1, -0.05) is 13.8 Å². The Labute approximate surface area is 77.9 Å². The monoisotopic (exact) mass is 184 g/mol. The number of methoxy groups -OCH3 is 1. The molecule has 0 aromatic carbocycles. The van der Waals surface area contributed by atoms with E-state index >= 15 is 0 Å². The van der Waals surface area contributed by atoms with Crippen LogP contribution in [-0.2, 0) is 11.3 Å². The molecule has 1 rings (SSSR count). The summed E-state index contributed by atoms with van der Waals surface area (Å²) in [6, 6.07) is 0. The van der Waals surface area contributed by atoms with Crippen molar-refractivity contribution in [2.24, 2.45) is 5.41 Å². The topological polar surface area (TPSA) is 66.0 Å². The Morgan fingerprint density at radius 1 is 1.62 bits per heavy atom. The standard InChI is InChI=1S/C8H16N4O/c1-8(2,6-13-3)5-12-10-4-7(9)11-12/h4H,5-6H2,1-3H3,(H2,9,11). The summed E-state index contributed by atoms with van der Waals surface area (Å²) in [7, 11) is 1.69. The summed E-state index contributed by atoms with van der Waals surface area (Å²) in [4.78, 5) is 1.59. The van der Waals surface area contributed by atoms with Crippen molar-refractivity contribution in [2.45, 2.75) is 20.4 Å². The molecule has 0 spiro atoms. The van der Waals surface area contributed by atoms with Crippen molar-refractivity contribution in [3.8, 4) is 0 Å². The molecule has 0 saturated heterocycles. The smallest absolute Gasteiger partial charge is 0.165 e. The van der Waals surface area contributed by atoms with Crippen LogP contribution in [0.2, 0.25) is 0 Å². The molecule has 0 bridgehead atoms. The van der Waals surface area contributed by atoms with Crippen LogP contribution in [0.15, 0.2) is 6.20 Å². The van der Waals surface area contributed by atoms with Gasteiger partial charge in [0.2, 0.25) is 0 Å². The zero-order chi connectivity index (χ0) is 9.90. The van der Waals surface area contributed by atoms with Gasteiger partial charge in [-0.05, 0) is 0 Å². The molecule has 1 aromatic heterocycles. The molecule has 13 heavy (non-hydrogen) atoms. The minimum atomic E-state index is 0.0280. The summed E-state index contributed by atoms with van der Waals surface area (Å²) >= 11 is 0. The Morgan fingerprint density at radius 2 is 2.31 bits per heavy atom. The Kier molecular flexibility index (Phi) is 2.87. The van der Waals surface area contributed by atoms with Crippen LogP contribution in [0.3, 0.4) is 0 Å². The summed E-state index contributed by atoms with van der Waals surface area (Å²) in [6.07, 6.45) is 1.54. The lowest BCUT2D eigenvalue weighted by molar-refractivity contribution is 0.0857. The fraction of sp³-hybridized carbons (Fsp3) is 0.750. The molecule has 0 amide bonds. The number of anilines is 1. The van der Waals surface area contributed by atoms with Gasteiger partial charge in [-0.25, -0.2) is 0 Å². The van der Waals surface area contributed by atoms with Gasteiger partial charge in [-0.2, -0.15) is 9.90 Å². The van der Waals surface area contributed by atoms with E-state index in [0.29, 0.717) is 19.0 Å². The van der Waals surface area contributed by atoms with Crippen molar-refractivity contribution < 1.29 is 4.74 Å². The number of ether oxygens (including phenoxy) is 1. The van der Waals surface area contributed by atoms with Crippen LogP contribution in [0.1, 0.15) is 13.8 Å². The highest BCUT2D eigenvalue weighted by atomic mass is 16.5. The van der Waals surface area contributed by atoms with Gasteiger partial charge in [-0.3, -0.25) is 0 Å². The van der Waals surface area contributed by atoms with Crippen LogP contribution in [0.25, 0.3) is 0 Å². The van der Waals surface area contributed by atoms with Gasteiger partial charge in [0.25, 0.3) is 0 Å². The lowest BCUT2D eigenvalue weighted by Gasteiger charge is -2.22. The summed E-state index contributed by atoms with van der Waals surface area (Å²) in [5.74, 6) is 0.452. The third kappa shape index (κ3) is 3.02. The lowest BCUT2D eigenvalue weighted by Crippen LogP contribution is -2.26. The Bertz CT molecular complexity index is 269. The number of hydrogen-bond acceptors (Lipinski definition) is 4. The van der Waals surface area contributed by atoms with E-state index in [4.69, 9.17) is 10.5 Å². The average Bonchev–Trinajstić information content (AvgIpc) is 2.34. The van der Waals surface area contributed by atoms with Crippen LogP contribution in [-0.4, -0.2) is 28.7 Å². The Balaban J connectivity index is 2.57. The van der Waals surface area contributed by atoms with Gasteiger partial charge in [0, 0.05) is 12.5 Å². The van der Waals surface area contributed by atoms with Gasteiger partial charge in [0.1, 0.15) is 0 Å². The van der Waals surface area contributed by atoms with Gasteiger partial charge >= 0.3 is 0 Å². The van der Waals surface area contributed by atoms with E-state index in [2.05, 4.69) is 24.0 Å². The molecule has 0 fully saturated rings. The minimum Gasteiger partial charge on any atom is -0.384 e. The number of nitrogens with two attached hydrogens (primary N) is 1. The summed E-state index contributed by atoms with van der Waals surface area (Å²) in [6.45, 7) is 5.57. The van der Waals surface area contributed by atoms with Crippen LogP contribution in [0, 0.1) is 5.41 Å². The number of hydrogen-bond donors (Lipinski definition) is 1. The molecule has 2 N–H and O–H groups in total. The average molecular weight is 184 g/mol. The molecular formula is C8H16N4O. The molecule has 74 valence electrons. The van der Waals surface area contributed by atoms with Crippen LogP contribution >= 0.6 is 0 Å². The molecule has 0 aliphatic carbocycles. The molecule has 0 aliphatic rings. The zero-order valence-corrected chi connectivity index (χ0v) is 8.32. The second-order valence-electron chi connectivity index (χ2n) is 3.90. The maximum absolute atomic E-state index is 5.45. The third-order valence-corrected chi connectivity index (χ3v) is 1.66. The SMILES string of the molecule is COCC(C)(C)Cn1ncc(N)n1. The second-order valence-corrected chi connectivity index (χ2v) is 3.90. The predicted octanol–water partition coefficient (Wildman–Crippen LogP) is 0.533. The molecule has 0 saturated carbocycles. The van der Waals surface area contributed by atoms with E-state index < -0.39 is 0 Å². The van der Waals surface area contributed by atoms with Gasteiger partial charge in [-0.15, -0.1) is 5.10 Å². The summed E-state index contributed by atoms with van der Waals surface area (Å²) in [5, 5.41) is 8.01. The molecule has 0 radical (unpaired) electrons. The van der Waals surface area contributed by atoms with Gasteiger partial charge in [0.05, 0.1) is 19.3 Å². The van der Waals surface area contributed by atoms with E-state index in [1.54, 1.807) is 18.1 Å². The molecule has 1 aromatic rings. The first-order valence-corrected chi connectivity index (χ1v) is 4.18. The lowest BCUT2D eigenvalue weighted by atomic mass is 9.95. The fourth-order valence-electron chi connectivity index (χ4n) is 1.21. The highest BCUT2D eigenvalue weighted by molar-refractivity contribution is 5.19. The van der Waals surface area contributed by atoms with E-state index in [0.717, 1.165) is 0 Å². The molecule has 0 atom stereocenters. The van der Waals surface area contributed by atoms with Crippen LogP contribution in [0.4, 0.5) is 5.82 Å². The fourth-order valence-corrected chi connectivity index (χ4v) is 1.21. The molecule has 5 nitrogen and oxygen atoms in total. The maximum atomic E-state index is 5.45. The summed E-state index contributed by atoms with van der Waals surface area (Å²) in [5.41, 5.74) is 5.47. The maximum Gasteiger partial charge on any atom is 0.165 e. The first-order valence-electron chi connectivity index (χ1n) is 4.18. The normalized spacial score (nSPS) is 11.9. The molecule has 0 aliphatic heterocycles. The Hall–Kier alpha value is -1.10. The van der Waals surface area contributed by atoms with Gasteiger partial charge in [0.15, 0.2) is 5.82 Å². The number of nitrogens with zero attached hydrogens (tertiary/aromatic N) is 3. The molecular weight excluding hydrogens is 168 g/mol. The highest BCUT2D eigenvalue weighted by Crippen LogP contribution is 2.17. The molecule has 5 heteroatoms. The van der Waals surface area contributed by atoms with Crippen LogP contribution < -0.4 is 5.73 Å². The molecule has 1 heterocycles. The van der Waals surface area contributed by atoms with Crippen molar-refractivity contribution in [1.29, 1.82) is 0 Å². The number of rotatable bonds is 4. The quantitative estimate of drug-likeness (QED) is 0.741. The van der Waals surface area contributed by atoms with Crippen molar-refractivity contribution in [3.05, 3.63) is 6.20 Å². The zero-order valence-electron chi connectivity index (χ0n) is 8.32. The number of aromatic nitrogens is 3. The van der Waals surface area contributed by atoms with Crippen molar-refractivity contribution in [2.75, 3.05) is 19.5 Å².